The van der Waals surface area contributed by atoms with Crippen LogP contribution in [0.2, 0.25) is 0 Å². The van der Waals surface area contributed by atoms with Gasteiger partial charge < -0.3 is 0 Å². The molecule has 0 radical (unpaired) electrons. The Kier molecular flexibility index (Phi) is 3.33. The molecule has 98 valence electrons. The lowest BCUT2D eigenvalue weighted by Crippen LogP contribution is -2.22. The molecule has 0 atom stereocenters. The van der Waals surface area contributed by atoms with Crippen molar-refractivity contribution in [3.05, 3.63) is 40.8 Å². The van der Waals surface area contributed by atoms with E-state index in [1.807, 2.05) is 19.1 Å². The molecule has 0 aromatic heterocycles. The summed E-state index contributed by atoms with van der Waals surface area (Å²) in [4.78, 5) is -0.0867. The molecule has 0 unspecified atom stereocenters. The monoisotopic (exact) mass is 286 g/mol. The zero-order chi connectivity index (χ0) is 13.4. The highest BCUT2D eigenvalue weighted by Crippen LogP contribution is 2.27. The van der Waals surface area contributed by atoms with Crippen molar-refractivity contribution in [3.63, 3.8) is 0 Å². The van der Waals surface area contributed by atoms with E-state index in [0.717, 1.165) is 17.4 Å². The van der Waals surface area contributed by atoms with Crippen molar-refractivity contribution < 1.29 is 16.8 Å². The van der Waals surface area contributed by atoms with E-state index in [-0.39, 0.29) is 16.4 Å². The first-order valence-electron chi connectivity index (χ1n) is 5.60. The molecule has 1 heterocycles. The Bertz CT molecular complexity index is 680. The first-order valence-corrected chi connectivity index (χ1v) is 8.97. The summed E-state index contributed by atoms with van der Waals surface area (Å²) in [5.74, 6) is -0.664. The number of hydrogen-bond acceptors (Lipinski definition) is 4. The lowest BCUT2D eigenvalue weighted by atomic mass is 10.1. The second kappa shape index (κ2) is 4.51. The van der Waals surface area contributed by atoms with Crippen LogP contribution in [0.5, 0.6) is 0 Å². The van der Waals surface area contributed by atoms with Crippen LogP contribution in [-0.4, -0.2) is 28.3 Å². The molecule has 6 heteroatoms. The van der Waals surface area contributed by atoms with Crippen molar-refractivity contribution in [1.29, 1.82) is 0 Å². The molecule has 0 amide bonds. The van der Waals surface area contributed by atoms with Crippen LogP contribution < -0.4 is 0 Å². The summed E-state index contributed by atoms with van der Waals surface area (Å²) < 4.78 is 46.8. The smallest absolute Gasteiger partial charge is 0.180 e. The van der Waals surface area contributed by atoms with E-state index >= 15 is 0 Å². The van der Waals surface area contributed by atoms with E-state index in [9.17, 15) is 16.8 Å². The van der Waals surface area contributed by atoms with Crippen LogP contribution in [0.15, 0.2) is 29.7 Å². The third kappa shape index (κ3) is 2.64. The van der Waals surface area contributed by atoms with Crippen molar-refractivity contribution in [2.24, 2.45) is 0 Å². The fraction of sp³-hybridized carbons (Fsp3) is 0.333. The molecular formula is C12H14O4S2. The summed E-state index contributed by atoms with van der Waals surface area (Å²) in [6.45, 7) is 2.00. The Labute approximate surface area is 107 Å². The first-order chi connectivity index (χ1) is 8.34. The molecule has 0 saturated heterocycles. The molecule has 0 aliphatic carbocycles. The Hall–Kier alpha value is -1.14. The lowest BCUT2D eigenvalue weighted by molar-refractivity contribution is 0.595. The minimum absolute atomic E-state index is 0.0867. The van der Waals surface area contributed by atoms with Crippen molar-refractivity contribution in [2.45, 2.75) is 13.3 Å². The van der Waals surface area contributed by atoms with Crippen LogP contribution in [0.1, 0.15) is 18.1 Å². The summed E-state index contributed by atoms with van der Waals surface area (Å²) in [7, 11) is -6.89. The maximum absolute atomic E-state index is 11.9. The molecule has 1 aliphatic rings. The zero-order valence-corrected chi connectivity index (χ0v) is 11.6. The number of aryl methyl sites for hydroxylation is 1. The maximum atomic E-state index is 11.9. The number of benzene rings is 1. The molecule has 1 aromatic carbocycles. The molecule has 0 bridgehead atoms. The van der Waals surface area contributed by atoms with Crippen molar-refractivity contribution in [2.75, 3.05) is 11.5 Å². The average molecular weight is 286 g/mol. The van der Waals surface area contributed by atoms with Gasteiger partial charge in [-0.15, -0.1) is 0 Å². The van der Waals surface area contributed by atoms with Gasteiger partial charge in [-0.05, 0) is 17.5 Å². The van der Waals surface area contributed by atoms with Gasteiger partial charge in [-0.3, -0.25) is 0 Å². The summed E-state index contributed by atoms with van der Waals surface area (Å²) in [6, 6.07) is 6.94. The molecular weight excluding hydrogens is 272 g/mol. The van der Waals surface area contributed by atoms with Crippen LogP contribution in [0.25, 0.3) is 4.91 Å². The Morgan fingerprint density at radius 3 is 2.17 bits per heavy atom. The van der Waals surface area contributed by atoms with E-state index in [1.165, 1.54) is 0 Å². The third-order valence-electron chi connectivity index (χ3n) is 2.90. The molecule has 18 heavy (non-hydrogen) atoms. The largest absolute Gasteiger partial charge is 0.224 e. The molecule has 0 fully saturated rings. The molecule has 1 aromatic rings. The Morgan fingerprint density at radius 1 is 1.00 bits per heavy atom. The van der Waals surface area contributed by atoms with Gasteiger partial charge in [0, 0.05) is 5.41 Å². The molecule has 2 rings (SSSR count). The summed E-state index contributed by atoms with van der Waals surface area (Å²) >= 11 is 0. The summed E-state index contributed by atoms with van der Waals surface area (Å²) in [6.07, 6.45) is 0.852. The number of rotatable bonds is 2. The highest BCUT2D eigenvalue weighted by molar-refractivity contribution is 8.05. The summed E-state index contributed by atoms with van der Waals surface area (Å²) in [5, 5.41) is 0.882. The highest BCUT2D eigenvalue weighted by Gasteiger charge is 2.29. The fourth-order valence-corrected chi connectivity index (χ4v) is 5.91. The van der Waals surface area contributed by atoms with Gasteiger partial charge in [0.05, 0.1) is 16.4 Å². The van der Waals surface area contributed by atoms with Gasteiger partial charge in [-0.25, -0.2) is 16.8 Å². The number of hydrogen-bond donors (Lipinski definition) is 0. The van der Waals surface area contributed by atoms with Gasteiger partial charge >= 0.3 is 0 Å². The topological polar surface area (TPSA) is 68.3 Å². The van der Waals surface area contributed by atoms with Gasteiger partial charge in [0.2, 0.25) is 0 Å². The maximum Gasteiger partial charge on any atom is 0.180 e. The van der Waals surface area contributed by atoms with E-state index in [1.54, 1.807) is 12.1 Å². The summed E-state index contributed by atoms with van der Waals surface area (Å²) in [5.41, 5.74) is 1.52. The normalized spacial score (nSPS) is 21.3. The Balaban J connectivity index is 2.56. The number of sulfone groups is 2. The van der Waals surface area contributed by atoms with E-state index in [0.29, 0.717) is 5.56 Å². The lowest BCUT2D eigenvalue weighted by Gasteiger charge is -2.14. The van der Waals surface area contributed by atoms with Crippen LogP contribution in [0.4, 0.5) is 0 Å². The third-order valence-corrected chi connectivity index (χ3v) is 6.45. The fourth-order valence-electron chi connectivity index (χ4n) is 1.78. The zero-order valence-electron chi connectivity index (χ0n) is 9.96. The van der Waals surface area contributed by atoms with Gasteiger partial charge in [0.1, 0.15) is 0 Å². The average Bonchev–Trinajstić information content (AvgIpc) is 2.33. The van der Waals surface area contributed by atoms with Gasteiger partial charge in [-0.1, -0.05) is 31.2 Å². The van der Waals surface area contributed by atoms with Gasteiger partial charge in [-0.2, -0.15) is 0 Å². The van der Waals surface area contributed by atoms with Crippen LogP contribution in [0, 0.1) is 0 Å². The van der Waals surface area contributed by atoms with Crippen molar-refractivity contribution in [3.8, 4) is 0 Å². The molecule has 0 N–H and O–H groups in total. The molecule has 1 aliphatic heterocycles. The minimum atomic E-state index is -3.49. The van der Waals surface area contributed by atoms with Crippen molar-refractivity contribution >= 4 is 24.6 Å². The molecule has 0 saturated carbocycles. The van der Waals surface area contributed by atoms with Crippen LogP contribution >= 0.6 is 0 Å². The quantitative estimate of drug-likeness (QED) is 0.824. The highest BCUT2D eigenvalue weighted by atomic mass is 32.2. The predicted octanol–water partition coefficient (Wildman–Crippen LogP) is 1.39. The predicted molar refractivity (Wildman–Crippen MR) is 71.4 cm³/mol. The van der Waals surface area contributed by atoms with Crippen LogP contribution in [-0.2, 0) is 26.1 Å². The SMILES string of the molecule is CCc1ccc(C2=CS(=O)(=O)CCS2(=O)=O)cc1. The molecule has 0 spiro atoms. The van der Waals surface area contributed by atoms with Crippen LogP contribution in [0.3, 0.4) is 0 Å². The van der Waals surface area contributed by atoms with Gasteiger partial charge in [0.15, 0.2) is 19.7 Å². The van der Waals surface area contributed by atoms with E-state index in [4.69, 9.17) is 0 Å². The van der Waals surface area contributed by atoms with E-state index < -0.39 is 19.7 Å². The second-order valence-corrected chi connectivity index (χ2v) is 8.27. The minimum Gasteiger partial charge on any atom is -0.224 e. The Morgan fingerprint density at radius 2 is 1.61 bits per heavy atom. The van der Waals surface area contributed by atoms with E-state index in [2.05, 4.69) is 0 Å². The van der Waals surface area contributed by atoms with Gasteiger partial charge in [0.25, 0.3) is 0 Å². The molecule has 4 nitrogen and oxygen atoms in total. The second-order valence-electron chi connectivity index (χ2n) is 4.22. The first kappa shape index (κ1) is 13.3. The van der Waals surface area contributed by atoms with Crippen molar-refractivity contribution in [1.82, 2.24) is 0 Å². The standard InChI is InChI=1S/C12H14O4S2/c1-2-10-3-5-11(6-4-10)12-9-17(13,14)7-8-18(12,15)16/h3-6,9H,2,7-8H2,1H3.